The molecule has 0 aliphatic carbocycles. The fraction of sp³-hybridized carbons (Fsp3) is 0.933. The normalized spacial score (nSPS) is 14.7. The first-order chi connectivity index (χ1) is 7.97. The van der Waals surface area contributed by atoms with E-state index in [0.717, 1.165) is 18.8 Å². The van der Waals surface area contributed by atoms with Gasteiger partial charge in [-0.25, -0.2) is 0 Å². The smallest absolute Gasteiger partial charge is 0.308 e. The predicted molar refractivity (Wildman–Crippen MR) is 72.9 cm³/mol. The summed E-state index contributed by atoms with van der Waals surface area (Å²) in [6, 6.07) is 0. The van der Waals surface area contributed by atoms with Crippen LogP contribution in [-0.4, -0.2) is 12.6 Å². The fourth-order valence-corrected chi connectivity index (χ4v) is 1.69. The van der Waals surface area contributed by atoms with Crippen molar-refractivity contribution in [1.29, 1.82) is 0 Å². The summed E-state index contributed by atoms with van der Waals surface area (Å²) < 4.78 is 5.25. The van der Waals surface area contributed by atoms with Gasteiger partial charge >= 0.3 is 5.97 Å². The Hall–Kier alpha value is -0.530. The van der Waals surface area contributed by atoms with Gasteiger partial charge in [0.25, 0.3) is 0 Å². The summed E-state index contributed by atoms with van der Waals surface area (Å²) >= 11 is 0. The van der Waals surface area contributed by atoms with E-state index in [1.54, 1.807) is 0 Å². The van der Waals surface area contributed by atoms with E-state index in [-0.39, 0.29) is 11.9 Å². The lowest BCUT2D eigenvalue weighted by Gasteiger charge is -2.13. The van der Waals surface area contributed by atoms with Gasteiger partial charge in [-0.05, 0) is 24.7 Å². The van der Waals surface area contributed by atoms with E-state index in [4.69, 9.17) is 4.74 Å². The molecule has 0 fully saturated rings. The highest BCUT2D eigenvalue weighted by molar-refractivity contribution is 5.71. The molecule has 0 aliphatic rings. The Morgan fingerprint density at radius 3 is 2.24 bits per heavy atom. The van der Waals surface area contributed by atoms with E-state index in [1.807, 2.05) is 13.8 Å². The second-order valence-electron chi connectivity index (χ2n) is 5.70. The van der Waals surface area contributed by atoms with Gasteiger partial charge in [0, 0.05) is 0 Å². The van der Waals surface area contributed by atoms with E-state index in [9.17, 15) is 4.79 Å². The fourth-order valence-electron chi connectivity index (χ4n) is 1.69. The summed E-state index contributed by atoms with van der Waals surface area (Å²) in [4.78, 5) is 11.4. The van der Waals surface area contributed by atoms with Crippen LogP contribution in [0.1, 0.15) is 66.7 Å². The van der Waals surface area contributed by atoms with Gasteiger partial charge in [0.15, 0.2) is 0 Å². The maximum Gasteiger partial charge on any atom is 0.308 e. The van der Waals surface area contributed by atoms with Crippen molar-refractivity contribution in [3.8, 4) is 0 Å². The van der Waals surface area contributed by atoms with Crippen LogP contribution in [-0.2, 0) is 9.53 Å². The molecule has 0 aliphatic heterocycles. The average Bonchev–Trinajstić information content (AvgIpc) is 2.27. The molecule has 2 nitrogen and oxygen atoms in total. The van der Waals surface area contributed by atoms with E-state index in [2.05, 4.69) is 20.8 Å². The topological polar surface area (TPSA) is 26.3 Å². The SMILES string of the molecule is CCC(C)C(=O)OCCC(C)CCCC(C)C. The summed E-state index contributed by atoms with van der Waals surface area (Å²) in [5.74, 6) is 1.47. The van der Waals surface area contributed by atoms with E-state index in [0.29, 0.717) is 12.5 Å². The van der Waals surface area contributed by atoms with Crippen molar-refractivity contribution in [2.24, 2.45) is 17.8 Å². The second kappa shape index (κ2) is 9.49. The Morgan fingerprint density at radius 2 is 1.71 bits per heavy atom. The Kier molecular flexibility index (Phi) is 9.20. The van der Waals surface area contributed by atoms with Gasteiger partial charge in [-0.1, -0.05) is 53.9 Å². The van der Waals surface area contributed by atoms with Crippen LogP contribution < -0.4 is 0 Å². The number of hydrogen-bond donors (Lipinski definition) is 0. The van der Waals surface area contributed by atoms with Crippen molar-refractivity contribution < 1.29 is 9.53 Å². The van der Waals surface area contributed by atoms with Crippen LogP contribution in [0.25, 0.3) is 0 Å². The summed E-state index contributed by atoms with van der Waals surface area (Å²) in [5, 5.41) is 0. The first kappa shape index (κ1) is 16.5. The summed E-state index contributed by atoms with van der Waals surface area (Å²) in [6.45, 7) is 11.3. The molecule has 102 valence electrons. The molecule has 0 aromatic heterocycles. The lowest BCUT2D eigenvalue weighted by Crippen LogP contribution is -2.15. The summed E-state index contributed by atoms with van der Waals surface area (Å²) in [7, 11) is 0. The molecule has 0 aromatic carbocycles. The van der Waals surface area contributed by atoms with Crippen molar-refractivity contribution in [2.45, 2.75) is 66.7 Å². The number of carbonyl (C=O) groups is 1. The summed E-state index contributed by atoms with van der Waals surface area (Å²) in [6.07, 6.45) is 5.71. The van der Waals surface area contributed by atoms with Gasteiger partial charge in [0.1, 0.15) is 0 Å². The molecule has 0 amide bonds. The quantitative estimate of drug-likeness (QED) is 0.559. The number of esters is 1. The zero-order chi connectivity index (χ0) is 13.3. The standard InChI is InChI=1S/C15H30O2/c1-6-14(5)15(16)17-11-10-13(4)9-7-8-12(2)3/h12-14H,6-11H2,1-5H3. The monoisotopic (exact) mass is 242 g/mol. The van der Waals surface area contributed by atoms with Crippen molar-refractivity contribution in [3.05, 3.63) is 0 Å². The van der Waals surface area contributed by atoms with Gasteiger partial charge in [-0.2, -0.15) is 0 Å². The molecule has 0 N–H and O–H groups in total. The van der Waals surface area contributed by atoms with Crippen LogP contribution in [0.5, 0.6) is 0 Å². The minimum atomic E-state index is -0.0399. The molecular formula is C15H30O2. The molecule has 2 unspecified atom stereocenters. The third-order valence-electron chi connectivity index (χ3n) is 3.35. The second-order valence-corrected chi connectivity index (χ2v) is 5.70. The minimum Gasteiger partial charge on any atom is -0.465 e. The van der Waals surface area contributed by atoms with Crippen LogP contribution >= 0.6 is 0 Å². The molecule has 0 saturated carbocycles. The number of rotatable bonds is 9. The number of hydrogen-bond acceptors (Lipinski definition) is 2. The highest BCUT2D eigenvalue weighted by Gasteiger charge is 2.12. The summed E-state index contributed by atoms with van der Waals surface area (Å²) in [5.41, 5.74) is 0. The van der Waals surface area contributed by atoms with Crippen molar-refractivity contribution in [2.75, 3.05) is 6.61 Å². The molecule has 0 bridgehead atoms. The highest BCUT2D eigenvalue weighted by Crippen LogP contribution is 2.15. The molecule has 0 rings (SSSR count). The molecule has 0 spiro atoms. The van der Waals surface area contributed by atoms with Gasteiger partial charge < -0.3 is 4.74 Å². The maximum atomic E-state index is 11.4. The lowest BCUT2D eigenvalue weighted by atomic mass is 9.98. The van der Waals surface area contributed by atoms with E-state index >= 15 is 0 Å². The predicted octanol–water partition coefficient (Wildman–Crippen LogP) is 4.43. The van der Waals surface area contributed by atoms with Crippen molar-refractivity contribution >= 4 is 5.97 Å². The van der Waals surface area contributed by atoms with Crippen LogP contribution in [0.2, 0.25) is 0 Å². The van der Waals surface area contributed by atoms with Crippen LogP contribution in [0.4, 0.5) is 0 Å². The largest absolute Gasteiger partial charge is 0.465 e. The minimum absolute atomic E-state index is 0.0399. The molecule has 0 saturated heterocycles. The third kappa shape index (κ3) is 9.20. The van der Waals surface area contributed by atoms with Crippen LogP contribution in [0.3, 0.4) is 0 Å². The van der Waals surface area contributed by atoms with E-state index < -0.39 is 0 Å². The zero-order valence-electron chi connectivity index (χ0n) is 12.3. The third-order valence-corrected chi connectivity index (χ3v) is 3.35. The number of carbonyl (C=O) groups excluding carboxylic acids is 1. The van der Waals surface area contributed by atoms with Gasteiger partial charge in [0.05, 0.1) is 12.5 Å². The maximum absolute atomic E-state index is 11.4. The van der Waals surface area contributed by atoms with Crippen LogP contribution in [0.15, 0.2) is 0 Å². The van der Waals surface area contributed by atoms with E-state index in [1.165, 1.54) is 19.3 Å². The molecule has 2 atom stereocenters. The Bertz CT molecular complexity index is 199. The van der Waals surface area contributed by atoms with Crippen molar-refractivity contribution in [3.63, 3.8) is 0 Å². The highest BCUT2D eigenvalue weighted by atomic mass is 16.5. The molecular weight excluding hydrogens is 212 g/mol. The van der Waals surface area contributed by atoms with Gasteiger partial charge in [-0.3, -0.25) is 4.79 Å². The average molecular weight is 242 g/mol. The van der Waals surface area contributed by atoms with Gasteiger partial charge in [-0.15, -0.1) is 0 Å². The van der Waals surface area contributed by atoms with Gasteiger partial charge in [0.2, 0.25) is 0 Å². The first-order valence-electron chi connectivity index (χ1n) is 7.14. The molecule has 2 heteroatoms. The Balaban J connectivity index is 3.50. The Morgan fingerprint density at radius 1 is 1.06 bits per heavy atom. The molecule has 0 radical (unpaired) electrons. The number of ether oxygens (including phenoxy) is 1. The molecule has 0 aromatic rings. The Labute approximate surface area is 107 Å². The molecule has 0 heterocycles. The lowest BCUT2D eigenvalue weighted by molar-refractivity contribution is -0.148. The first-order valence-corrected chi connectivity index (χ1v) is 7.14. The molecule has 17 heavy (non-hydrogen) atoms. The van der Waals surface area contributed by atoms with Crippen LogP contribution in [0, 0.1) is 17.8 Å². The van der Waals surface area contributed by atoms with Crippen molar-refractivity contribution in [1.82, 2.24) is 0 Å². The zero-order valence-corrected chi connectivity index (χ0v) is 12.3.